The van der Waals surface area contributed by atoms with Crippen molar-refractivity contribution in [1.29, 1.82) is 0 Å². The highest BCUT2D eigenvalue weighted by Crippen LogP contribution is 2.46. The molecule has 8 nitrogen and oxygen atoms in total. The first-order valence-electron chi connectivity index (χ1n) is 10.5. The average molecular weight is 446 g/mol. The lowest BCUT2D eigenvalue weighted by atomic mass is 9.88. The molecule has 6 rings (SSSR count). The molecule has 9 heteroatoms. The Hall–Kier alpha value is -3.65. The van der Waals surface area contributed by atoms with Crippen LogP contribution in [0.2, 0.25) is 5.02 Å². The van der Waals surface area contributed by atoms with Gasteiger partial charge in [-0.1, -0.05) is 35.9 Å². The number of H-pyrrole nitrogens is 1. The maximum Gasteiger partial charge on any atom is 0.223 e. The number of imidazole rings is 1. The van der Waals surface area contributed by atoms with Crippen LogP contribution < -0.4 is 11.1 Å². The second kappa shape index (κ2) is 7.20. The number of fused-ring (bicyclic) bond motifs is 3. The van der Waals surface area contributed by atoms with E-state index < -0.39 is 0 Å². The number of anilines is 1. The zero-order valence-electron chi connectivity index (χ0n) is 16.9. The number of carbonyl (C=O) groups excluding carboxylic acids is 1. The van der Waals surface area contributed by atoms with Gasteiger partial charge in [0, 0.05) is 24.0 Å². The van der Waals surface area contributed by atoms with Crippen molar-refractivity contribution in [3.05, 3.63) is 66.1 Å². The lowest BCUT2D eigenvalue weighted by molar-refractivity contribution is -0.122. The molecule has 32 heavy (non-hydrogen) atoms. The first kappa shape index (κ1) is 19.1. The molecular formula is C23H20ClN7O. The van der Waals surface area contributed by atoms with E-state index in [0.717, 1.165) is 17.7 Å². The monoisotopic (exact) mass is 445 g/mol. The third-order valence-electron chi connectivity index (χ3n) is 6.46. The molecule has 0 spiro atoms. The molecule has 0 saturated heterocycles. The molecule has 1 aromatic carbocycles. The molecule has 2 aliphatic rings. The van der Waals surface area contributed by atoms with Crippen molar-refractivity contribution in [3.63, 3.8) is 0 Å². The minimum atomic E-state index is -0.290. The molecule has 4 aromatic rings. The molecule has 0 radical (unpaired) electrons. The van der Waals surface area contributed by atoms with E-state index in [1.165, 1.54) is 0 Å². The summed E-state index contributed by atoms with van der Waals surface area (Å²) in [6.45, 7) is 0. The number of carbonyl (C=O) groups is 1. The molecule has 1 fully saturated rings. The molecule has 3 heterocycles. The summed E-state index contributed by atoms with van der Waals surface area (Å²) in [5, 5.41) is 8.26. The van der Waals surface area contributed by atoms with Gasteiger partial charge in [-0.25, -0.2) is 14.6 Å². The molecular weight excluding hydrogens is 426 g/mol. The van der Waals surface area contributed by atoms with Crippen LogP contribution in [0.3, 0.4) is 0 Å². The average Bonchev–Trinajstić information content (AvgIpc) is 3.58. The van der Waals surface area contributed by atoms with Crippen molar-refractivity contribution < 1.29 is 4.79 Å². The quantitative estimate of drug-likeness (QED) is 0.406. The Kier molecular flexibility index (Phi) is 4.29. The normalized spacial score (nSPS) is 23.8. The predicted octanol–water partition coefficient (Wildman–Crippen LogP) is 3.55. The second-order valence-corrected chi connectivity index (χ2v) is 8.72. The summed E-state index contributed by atoms with van der Waals surface area (Å²) in [5.41, 5.74) is 9.49. The molecule has 1 saturated carbocycles. The number of primary amides is 1. The van der Waals surface area contributed by atoms with Gasteiger partial charge in [0.15, 0.2) is 5.65 Å². The Balaban J connectivity index is 1.40. The van der Waals surface area contributed by atoms with Gasteiger partial charge < -0.3 is 16.0 Å². The number of rotatable bonds is 5. The zero-order chi connectivity index (χ0) is 21.8. The van der Waals surface area contributed by atoms with Crippen molar-refractivity contribution in [2.75, 3.05) is 5.32 Å². The van der Waals surface area contributed by atoms with Crippen molar-refractivity contribution in [1.82, 2.24) is 24.7 Å². The van der Waals surface area contributed by atoms with Crippen molar-refractivity contribution in [2.24, 2.45) is 23.5 Å². The Morgan fingerprint density at radius 3 is 2.94 bits per heavy atom. The van der Waals surface area contributed by atoms with Gasteiger partial charge in [0.25, 0.3) is 0 Å². The third kappa shape index (κ3) is 2.98. The predicted molar refractivity (Wildman–Crippen MR) is 122 cm³/mol. The van der Waals surface area contributed by atoms with E-state index in [0.29, 0.717) is 27.7 Å². The van der Waals surface area contributed by atoms with Gasteiger partial charge in [-0.2, -0.15) is 5.10 Å². The highest BCUT2D eigenvalue weighted by atomic mass is 35.5. The minimum absolute atomic E-state index is 0.111. The number of amides is 1. The number of allylic oxidation sites excluding steroid dienone is 1. The van der Waals surface area contributed by atoms with Crippen LogP contribution in [0, 0.1) is 17.8 Å². The first-order chi connectivity index (χ1) is 15.6. The van der Waals surface area contributed by atoms with E-state index in [9.17, 15) is 4.79 Å². The summed E-state index contributed by atoms with van der Waals surface area (Å²) in [5.74, 6) is 0.531. The number of nitrogens with one attached hydrogen (secondary N) is 2. The van der Waals surface area contributed by atoms with E-state index in [-0.39, 0.29) is 29.7 Å². The standard InChI is InChI=1S/C23H20ClN7O/c24-16-11-26-23-20(19(16)28-18-13-6-5-12(9-13)17(18)21(25)32)29-22(30-23)14-3-1-4-15(10-14)31-8-2-7-27-31/h1-8,10-13,17-18H,9H2,(H2,25,32)(H2,26,28,29,30)/t12-,13-,17+,18-/m1/s1. The van der Waals surface area contributed by atoms with Gasteiger partial charge in [0.2, 0.25) is 5.91 Å². The summed E-state index contributed by atoms with van der Waals surface area (Å²) in [6.07, 6.45) is 10.4. The lowest BCUT2D eigenvalue weighted by Gasteiger charge is -2.28. The van der Waals surface area contributed by atoms with Crippen molar-refractivity contribution >= 4 is 34.4 Å². The lowest BCUT2D eigenvalue weighted by Crippen LogP contribution is -2.41. The fraction of sp³-hybridized carbons (Fsp3) is 0.217. The summed E-state index contributed by atoms with van der Waals surface area (Å²) in [6, 6.07) is 9.68. The number of pyridine rings is 1. The Bertz CT molecular complexity index is 1360. The van der Waals surface area contributed by atoms with E-state index in [1.54, 1.807) is 17.1 Å². The minimum Gasteiger partial charge on any atom is -0.378 e. The van der Waals surface area contributed by atoms with E-state index >= 15 is 0 Å². The van der Waals surface area contributed by atoms with Crippen molar-refractivity contribution in [3.8, 4) is 17.1 Å². The second-order valence-electron chi connectivity index (χ2n) is 8.31. The largest absolute Gasteiger partial charge is 0.378 e. The van der Waals surface area contributed by atoms with Gasteiger partial charge >= 0.3 is 0 Å². The highest BCUT2D eigenvalue weighted by molar-refractivity contribution is 6.34. The van der Waals surface area contributed by atoms with Crippen LogP contribution in [0.15, 0.2) is 61.1 Å². The Labute approximate surface area is 188 Å². The fourth-order valence-corrected chi connectivity index (χ4v) is 5.20. The molecule has 2 aliphatic carbocycles. The highest BCUT2D eigenvalue weighted by Gasteiger charge is 2.47. The summed E-state index contributed by atoms with van der Waals surface area (Å²) < 4.78 is 1.79. The van der Waals surface area contributed by atoms with Gasteiger partial charge in [-0.3, -0.25) is 4.79 Å². The molecule has 4 atom stereocenters. The van der Waals surface area contributed by atoms with Gasteiger partial charge in [0.05, 0.1) is 28.5 Å². The van der Waals surface area contributed by atoms with Crippen LogP contribution in [-0.2, 0) is 4.79 Å². The van der Waals surface area contributed by atoms with E-state index in [1.807, 2.05) is 36.5 Å². The maximum absolute atomic E-state index is 12.1. The third-order valence-corrected chi connectivity index (χ3v) is 6.75. The number of nitrogens with zero attached hydrogens (tertiary/aromatic N) is 4. The molecule has 1 amide bonds. The first-order valence-corrected chi connectivity index (χ1v) is 10.8. The van der Waals surface area contributed by atoms with Gasteiger partial charge in [-0.15, -0.1) is 0 Å². The molecule has 0 aliphatic heterocycles. The summed E-state index contributed by atoms with van der Waals surface area (Å²) in [4.78, 5) is 24.6. The topological polar surface area (TPSA) is 115 Å². The Morgan fingerprint density at radius 1 is 1.25 bits per heavy atom. The molecule has 3 aromatic heterocycles. The number of halogens is 1. The summed E-state index contributed by atoms with van der Waals surface area (Å²) in [7, 11) is 0. The Morgan fingerprint density at radius 2 is 2.12 bits per heavy atom. The number of aromatic amines is 1. The SMILES string of the molecule is NC(=O)[C@@H]1[C@H](Nc2c(Cl)cnc3nc(-c4cccc(-n5cccn5)c4)[nH]c23)[C@@H]2C=C[C@@H]1C2. The molecule has 2 bridgehead atoms. The van der Waals surface area contributed by atoms with E-state index in [4.69, 9.17) is 17.3 Å². The number of nitrogens with two attached hydrogens (primary N) is 1. The van der Waals surface area contributed by atoms with Gasteiger partial charge in [0.1, 0.15) is 11.3 Å². The van der Waals surface area contributed by atoms with Crippen LogP contribution in [-0.4, -0.2) is 36.7 Å². The fourth-order valence-electron chi connectivity index (χ4n) is 5.00. The zero-order valence-corrected chi connectivity index (χ0v) is 17.7. The summed E-state index contributed by atoms with van der Waals surface area (Å²) >= 11 is 6.54. The number of hydrogen-bond donors (Lipinski definition) is 3. The molecule has 160 valence electrons. The van der Waals surface area contributed by atoms with Crippen LogP contribution in [0.1, 0.15) is 6.42 Å². The van der Waals surface area contributed by atoms with Crippen LogP contribution >= 0.6 is 11.6 Å². The van der Waals surface area contributed by atoms with E-state index in [2.05, 4.69) is 37.5 Å². The van der Waals surface area contributed by atoms with Crippen molar-refractivity contribution in [2.45, 2.75) is 12.5 Å². The molecule has 4 N–H and O–H groups in total. The number of hydrogen-bond acceptors (Lipinski definition) is 5. The molecule has 0 unspecified atom stereocenters. The number of aromatic nitrogens is 5. The number of benzene rings is 1. The van der Waals surface area contributed by atoms with Crippen LogP contribution in [0.4, 0.5) is 5.69 Å². The van der Waals surface area contributed by atoms with Crippen LogP contribution in [0.5, 0.6) is 0 Å². The van der Waals surface area contributed by atoms with Gasteiger partial charge in [-0.05, 0) is 36.5 Å². The smallest absolute Gasteiger partial charge is 0.223 e. The maximum atomic E-state index is 12.1. The van der Waals surface area contributed by atoms with Crippen LogP contribution in [0.25, 0.3) is 28.2 Å².